The van der Waals surface area contributed by atoms with Gasteiger partial charge in [0.15, 0.2) is 5.82 Å². The standard InChI is InChI=1S/C23H14F4N4O4/c24-17-11-29-21-20(17)18(8-9-28-21)34-15-6-4-13(5-7-15)31-19(32)12-30(22(31)33)14-2-1-3-16(10-14)35-23(25,26)27/h1-11H,12H2,(H,28,29). The first kappa shape index (κ1) is 22.2. The van der Waals surface area contributed by atoms with Crippen molar-refractivity contribution >= 4 is 34.3 Å². The van der Waals surface area contributed by atoms with Gasteiger partial charge in [0, 0.05) is 30.2 Å². The largest absolute Gasteiger partial charge is 0.573 e. The highest BCUT2D eigenvalue weighted by molar-refractivity contribution is 6.27. The van der Waals surface area contributed by atoms with Crippen molar-refractivity contribution < 1.29 is 36.6 Å². The van der Waals surface area contributed by atoms with E-state index in [2.05, 4.69) is 14.7 Å². The molecule has 1 saturated heterocycles. The van der Waals surface area contributed by atoms with Crippen LogP contribution < -0.4 is 19.3 Å². The van der Waals surface area contributed by atoms with Crippen LogP contribution in [0.3, 0.4) is 0 Å². The molecule has 2 aromatic heterocycles. The van der Waals surface area contributed by atoms with E-state index in [0.29, 0.717) is 11.4 Å². The van der Waals surface area contributed by atoms with Crippen molar-refractivity contribution in [1.29, 1.82) is 0 Å². The summed E-state index contributed by atoms with van der Waals surface area (Å²) < 4.78 is 61.2. The van der Waals surface area contributed by atoms with Crippen LogP contribution in [-0.2, 0) is 4.79 Å². The lowest BCUT2D eigenvalue weighted by Crippen LogP contribution is -2.33. The summed E-state index contributed by atoms with van der Waals surface area (Å²) in [6, 6.07) is 11.5. The number of aromatic amines is 1. The van der Waals surface area contributed by atoms with Crippen LogP contribution in [0.1, 0.15) is 0 Å². The number of halogens is 4. The van der Waals surface area contributed by atoms with Gasteiger partial charge in [-0.1, -0.05) is 6.07 Å². The van der Waals surface area contributed by atoms with E-state index in [1.165, 1.54) is 48.7 Å². The van der Waals surface area contributed by atoms with Crippen LogP contribution in [-0.4, -0.2) is 34.8 Å². The zero-order valence-electron chi connectivity index (χ0n) is 17.5. The van der Waals surface area contributed by atoms with Crippen molar-refractivity contribution in [2.24, 2.45) is 0 Å². The second kappa shape index (κ2) is 8.31. The molecule has 35 heavy (non-hydrogen) atoms. The number of hydrogen-bond donors (Lipinski definition) is 1. The molecule has 3 amide bonds. The highest BCUT2D eigenvalue weighted by Gasteiger charge is 2.38. The van der Waals surface area contributed by atoms with Crippen LogP contribution in [0, 0.1) is 5.82 Å². The molecule has 2 aromatic carbocycles. The van der Waals surface area contributed by atoms with Gasteiger partial charge in [0.25, 0.3) is 5.91 Å². The van der Waals surface area contributed by atoms with E-state index in [1.807, 2.05) is 0 Å². The second-order valence-corrected chi connectivity index (χ2v) is 7.41. The summed E-state index contributed by atoms with van der Waals surface area (Å²) in [5.74, 6) is -1.08. The number of benzene rings is 2. The Morgan fingerprint density at radius 3 is 2.49 bits per heavy atom. The Labute approximate surface area is 194 Å². The number of urea groups is 1. The van der Waals surface area contributed by atoms with Gasteiger partial charge in [0.1, 0.15) is 29.4 Å². The molecular weight excluding hydrogens is 472 g/mol. The van der Waals surface area contributed by atoms with Crippen LogP contribution in [0.2, 0.25) is 0 Å². The van der Waals surface area contributed by atoms with Crippen LogP contribution >= 0.6 is 0 Å². The Morgan fingerprint density at radius 1 is 0.971 bits per heavy atom. The first-order chi connectivity index (χ1) is 16.7. The fourth-order valence-electron chi connectivity index (χ4n) is 3.67. The van der Waals surface area contributed by atoms with Gasteiger partial charge >= 0.3 is 12.4 Å². The number of H-pyrrole nitrogens is 1. The number of carbonyl (C=O) groups excluding carboxylic acids is 2. The Kier molecular flexibility index (Phi) is 5.27. The number of pyridine rings is 1. The molecule has 0 aliphatic carbocycles. The second-order valence-electron chi connectivity index (χ2n) is 7.41. The summed E-state index contributed by atoms with van der Waals surface area (Å²) in [5, 5.41) is 0.175. The van der Waals surface area contributed by atoms with Gasteiger partial charge in [-0.15, -0.1) is 13.2 Å². The molecule has 0 atom stereocenters. The molecule has 0 bridgehead atoms. The van der Waals surface area contributed by atoms with Gasteiger partial charge < -0.3 is 14.5 Å². The third-order valence-corrected chi connectivity index (χ3v) is 5.14. The number of fused-ring (bicyclic) bond motifs is 1. The minimum Gasteiger partial charge on any atom is -0.456 e. The lowest BCUT2D eigenvalue weighted by molar-refractivity contribution is -0.274. The summed E-state index contributed by atoms with van der Waals surface area (Å²) in [7, 11) is 0. The number of imide groups is 1. The maximum Gasteiger partial charge on any atom is 0.573 e. The fraction of sp³-hybridized carbons (Fsp3) is 0.0870. The van der Waals surface area contributed by atoms with Crippen molar-refractivity contribution in [3.05, 3.63) is 72.8 Å². The zero-order valence-corrected chi connectivity index (χ0v) is 17.5. The predicted octanol–water partition coefficient (Wildman–Crippen LogP) is 5.37. The van der Waals surface area contributed by atoms with Crippen LogP contribution in [0.4, 0.5) is 33.7 Å². The number of alkyl halides is 3. The number of amides is 3. The van der Waals surface area contributed by atoms with E-state index in [0.717, 1.165) is 28.1 Å². The van der Waals surface area contributed by atoms with Crippen molar-refractivity contribution in [3.63, 3.8) is 0 Å². The summed E-state index contributed by atoms with van der Waals surface area (Å²) in [6.45, 7) is -0.367. The van der Waals surface area contributed by atoms with E-state index in [1.54, 1.807) is 0 Å². The van der Waals surface area contributed by atoms with Gasteiger partial charge in [-0.25, -0.2) is 19.1 Å². The smallest absolute Gasteiger partial charge is 0.456 e. The molecule has 12 heteroatoms. The maximum atomic E-state index is 14.0. The van der Waals surface area contributed by atoms with Gasteiger partial charge in [0.2, 0.25) is 0 Å². The normalized spacial score (nSPS) is 14.2. The minimum absolute atomic E-state index is 0.0720. The molecule has 8 nitrogen and oxygen atoms in total. The highest BCUT2D eigenvalue weighted by Crippen LogP contribution is 2.33. The quantitative estimate of drug-likeness (QED) is 0.303. The molecule has 5 rings (SSSR count). The number of nitrogens with one attached hydrogen (secondary N) is 1. The number of aromatic nitrogens is 2. The molecule has 1 fully saturated rings. The van der Waals surface area contributed by atoms with Crippen LogP contribution in [0.5, 0.6) is 17.2 Å². The summed E-state index contributed by atoms with van der Waals surface area (Å²) in [4.78, 5) is 34.2. The molecule has 1 N–H and O–H groups in total. The third kappa shape index (κ3) is 4.33. The number of ether oxygens (including phenoxy) is 2. The summed E-state index contributed by atoms with van der Waals surface area (Å²) in [5.41, 5.74) is 0.614. The highest BCUT2D eigenvalue weighted by atomic mass is 19.4. The Bertz CT molecular complexity index is 1440. The van der Waals surface area contributed by atoms with E-state index in [9.17, 15) is 27.2 Å². The molecule has 0 radical (unpaired) electrons. The molecule has 178 valence electrons. The summed E-state index contributed by atoms with van der Waals surface area (Å²) in [6.07, 6.45) is -2.28. The average Bonchev–Trinajstić information content (AvgIpc) is 3.33. The third-order valence-electron chi connectivity index (χ3n) is 5.14. The number of rotatable bonds is 5. The van der Waals surface area contributed by atoms with E-state index in [-0.39, 0.29) is 29.1 Å². The van der Waals surface area contributed by atoms with Crippen LogP contribution in [0.15, 0.2) is 67.0 Å². The zero-order chi connectivity index (χ0) is 24.7. The monoisotopic (exact) mass is 486 g/mol. The molecule has 3 heterocycles. The Hall–Kier alpha value is -4.61. The van der Waals surface area contributed by atoms with E-state index >= 15 is 0 Å². The van der Waals surface area contributed by atoms with E-state index < -0.39 is 29.9 Å². The number of anilines is 2. The van der Waals surface area contributed by atoms with Gasteiger partial charge in [-0.05, 0) is 36.4 Å². The topological polar surface area (TPSA) is 87.8 Å². The Morgan fingerprint density at radius 2 is 1.74 bits per heavy atom. The molecule has 1 aliphatic rings. The SMILES string of the molecule is O=C1CN(c2cccc(OC(F)(F)F)c2)C(=O)N1c1ccc(Oc2ccnc3[nH]cc(F)c23)cc1. The first-order valence-corrected chi connectivity index (χ1v) is 10.1. The van der Waals surface area contributed by atoms with Gasteiger partial charge in [0.05, 0.1) is 11.1 Å². The lowest BCUT2D eigenvalue weighted by atomic mass is 10.2. The number of carbonyl (C=O) groups is 2. The maximum absolute atomic E-state index is 14.0. The molecule has 1 aliphatic heterocycles. The van der Waals surface area contributed by atoms with Gasteiger partial charge in [-0.2, -0.15) is 0 Å². The van der Waals surface area contributed by atoms with Gasteiger partial charge in [-0.3, -0.25) is 9.69 Å². The van der Waals surface area contributed by atoms with Crippen molar-refractivity contribution in [1.82, 2.24) is 9.97 Å². The fourth-order valence-corrected chi connectivity index (χ4v) is 3.67. The van der Waals surface area contributed by atoms with Crippen molar-refractivity contribution in [2.75, 3.05) is 16.3 Å². The number of hydrogen-bond acceptors (Lipinski definition) is 5. The first-order valence-electron chi connectivity index (χ1n) is 10.1. The Balaban J connectivity index is 1.35. The predicted molar refractivity (Wildman–Crippen MR) is 116 cm³/mol. The molecular formula is C23H14F4N4O4. The minimum atomic E-state index is -4.89. The molecule has 0 unspecified atom stereocenters. The van der Waals surface area contributed by atoms with Crippen molar-refractivity contribution in [2.45, 2.75) is 6.36 Å². The van der Waals surface area contributed by atoms with Crippen molar-refractivity contribution in [3.8, 4) is 17.2 Å². The van der Waals surface area contributed by atoms with E-state index in [4.69, 9.17) is 4.74 Å². The molecule has 0 saturated carbocycles. The molecule has 4 aromatic rings. The molecule has 0 spiro atoms. The number of nitrogens with zero attached hydrogens (tertiary/aromatic N) is 3. The lowest BCUT2D eigenvalue weighted by Gasteiger charge is -2.18. The van der Waals surface area contributed by atoms with Crippen LogP contribution in [0.25, 0.3) is 11.0 Å². The summed E-state index contributed by atoms with van der Waals surface area (Å²) >= 11 is 0. The average molecular weight is 486 g/mol.